The number of hydrogen-bond acceptors (Lipinski definition) is 4. The van der Waals surface area contributed by atoms with Gasteiger partial charge in [0.25, 0.3) is 5.91 Å². The minimum atomic E-state index is -5.01. The zero-order valence-electron chi connectivity index (χ0n) is 17.2. The first kappa shape index (κ1) is 22.1. The summed E-state index contributed by atoms with van der Waals surface area (Å²) in [7, 11) is 0. The minimum absolute atomic E-state index is 0.0479. The number of nitrogens with zero attached hydrogens (tertiary/aromatic N) is 3. The van der Waals surface area contributed by atoms with Crippen LogP contribution in [0.4, 0.5) is 13.2 Å². The number of alkyl halides is 3. The van der Waals surface area contributed by atoms with Gasteiger partial charge in [0.1, 0.15) is 5.82 Å². The largest absolute Gasteiger partial charge is 0.426 e. The molecule has 31 heavy (non-hydrogen) atoms. The maximum absolute atomic E-state index is 13.1. The van der Waals surface area contributed by atoms with Gasteiger partial charge in [-0.05, 0) is 62.3 Å². The molecule has 1 aliphatic heterocycles. The highest BCUT2D eigenvalue weighted by atomic mass is 35.5. The van der Waals surface area contributed by atoms with E-state index in [1.807, 2.05) is 19.1 Å². The summed E-state index contributed by atoms with van der Waals surface area (Å²) in [6, 6.07) is 7.22. The second-order valence-corrected chi connectivity index (χ2v) is 9.30. The Morgan fingerprint density at radius 3 is 2.48 bits per heavy atom. The van der Waals surface area contributed by atoms with Crippen molar-refractivity contribution in [1.29, 1.82) is 0 Å². The van der Waals surface area contributed by atoms with Gasteiger partial charge in [0.15, 0.2) is 5.82 Å². The number of likely N-dealkylation sites (tertiary alicyclic amines) is 1. The summed E-state index contributed by atoms with van der Waals surface area (Å²) < 4.78 is 39.2. The molecule has 168 valence electrons. The molecule has 6 nitrogen and oxygen atoms in total. The molecule has 1 aliphatic carbocycles. The highest BCUT2D eigenvalue weighted by molar-refractivity contribution is 6.30. The van der Waals surface area contributed by atoms with Crippen LogP contribution in [-0.2, 0) is 10.2 Å². The van der Waals surface area contributed by atoms with Crippen molar-refractivity contribution >= 4 is 17.5 Å². The smallest absolute Gasteiger partial charge is 0.373 e. The molecule has 1 amide bonds. The summed E-state index contributed by atoms with van der Waals surface area (Å²) in [5.41, 5.74) is -2.75. The van der Waals surface area contributed by atoms with Gasteiger partial charge >= 0.3 is 6.18 Å². The van der Waals surface area contributed by atoms with E-state index in [0.717, 1.165) is 29.1 Å². The summed E-state index contributed by atoms with van der Waals surface area (Å²) in [6.45, 7) is 2.78. The molecule has 2 aliphatic rings. The number of piperidine rings is 1. The van der Waals surface area contributed by atoms with Crippen LogP contribution in [0.15, 0.2) is 24.3 Å². The second kappa shape index (κ2) is 7.48. The number of aromatic nitrogens is 3. The van der Waals surface area contributed by atoms with Crippen LogP contribution in [0, 0.1) is 11.8 Å². The van der Waals surface area contributed by atoms with Gasteiger partial charge in [0, 0.05) is 29.1 Å². The number of hydrogen-bond donors (Lipinski definition) is 2. The molecule has 2 fully saturated rings. The lowest BCUT2D eigenvalue weighted by molar-refractivity contribution is -0.251. The molecular weight excluding hydrogens is 433 g/mol. The van der Waals surface area contributed by atoms with E-state index < -0.39 is 17.7 Å². The fraction of sp³-hybridized carbons (Fsp3) is 0.571. The van der Waals surface area contributed by atoms with Crippen LogP contribution in [0.25, 0.3) is 11.4 Å². The topological polar surface area (TPSA) is 82.1 Å². The molecule has 2 heterocycles. The number of carbonyl (C=O) groups excluding carboxylic acids is 1. The number of halogens is 4. The lowest BCUT2D eigenvalue weighted by atomic mass is 9.74. The number of carbonyl (C=O) groups is 1. The van der Waals surface area contributed by atoms with Crippen LogP contribution in [0.3, 0.4) is 0 Å². The van der Waals surface area contributed by atoms with Crippen LogP contribution < -0.4 is 0 Å². The number of aromatic amines is 1. The van der Waals surface area contributed by atoms with Gasteiger partial charge in [0.2, 0.25) is 5.60 Å². The van der Waals surface area contributed by atoms with E-state index in [4.69, 9.17) is 16.6 Å². The number of rotatable bonds is 4. The van der Waals surface area contributed by atoms with Gasteiger partial charge in [0.05, 0.1) is 0 Å². The Balaban J connectivity index is 1.49. The third kappa shape index (κ3) is 3.82. The fourth-order valence-electron chi connectivity index (χ4n) is 4.71. The second-order valence-electron chi connectivity index (χ2n) is 8.86. The number of H-pyrrole nitrogens is 1. The minimum Gasteiger partial charge on any atom is -0.373 e. The van der Waals surface area contributed by atoms with Crippen molar-refractivity contribution in [2.75, 3.05) is 13.1 Å². The molecule has 2 N–H and O–H groups in total. The van der Waals surface area contributed by atoms with E-state index in [-0.39, 0.29) is 30.3 Å². The average molecular weight is 457 g/mol. The van der Waals surface area contributed by atoms with Crippen molar-refractivity contribution in [2.24, 2.45) is 11.8 Å². The van der Waals surface area contributed by atoms with Crippen LogP contribution >= 0.6 is 11.6 Å². The highest BCUT2D eigenvalue weighted by Gasteiger charge is 2.59. The molecule has 4 rings (SSSR count). The maximum Gasteiger partial charge on any atom is 0.426 e. The first-order valence-electron chi connectivity index (χ1n) is 10.2. The quantitative estimate of drug-likeness (QED) is 0.729. The SMILES string of the molecule is CC1CN(C(=O)C(C)(O)C(F)(F)F)CCC1C1(c2nc(-c3ccc(Cl)cc3)n[nH]2)CC1. The van der Waals surface area contributed by atoms with E-state index in [1.165, 1.54) is 0 Å². The lowest BCUT2D eigenvalue weighted by Gasteiger charge is -2.42. The van der Waals surface area contributed by atoms with Crippen molar-refractivity contribution in [1.82, 2.24) is 20.1 Å². The van der Waals surface area contributed by atoms with Gasteiger partial charge in [-0.1, -0.05) is 18.5 Å². The predicted molar refractivity (Wildman–Crippen MR) is 108 cm³/mol. The molecule has 0 spiro atoms. The standard InChI is InChI=1S/C21H24ClF3N4O2/c1-12-11-29(18(30)19(2,31)21(23,24)25)10-7-15(12)20(8-9-20)17-26-16(27-28-17)13-3-5-14(22)6-4-13/h3-6,12,15,31H,7-11H2,1-2H3,(H,26,27,28). The molecule has 3 unspecified atom stereocenters. The van der Waals surface area contributed by atoms with Crippen molar-refractivity contribution in [3.05, 3.63) is 35.1 Å². The molecule has 1 saturated heterocycles. The number of nitrogens with one attached hydrogen (secondary N) is 1. The molecule has 2 aromatic rings. The van der Waals surface area contributed by atoms with Gasteiger partial charge in [-0.15, -0.1) is 0 Å². The summed E-state index contributed by atoms with van der Waals surface area (Å²) in [5, 5.41) is 17.8. The highest BCUT2D eigenvalue weighted by Crippen LogP contribution is 2.57. The zero-order chi connectivity index (χ0) is 22.6. The van der Waals surface area contributed by atoms with Crippen LogP contribution in [0.5, 0.6) is 0 Å². The molecular formula is C21H24ClF3N4O2. The van der Waals surface area contributed by atoms with Gasteiger partial charge < -0.3 is 10.0 Å². The first-order chi connectivity index (χ1) is 14.5. The number of benzene rings is 1. The monoisotopic (exact) mass is 456 g/mol. The number of aliphatic hydroxyl groups is 1. The van der Waals surface area contributed by atoms with E-state index in [2.05, 4.69) is 10.2 Å². The van der Waals surface area contributed by atoms with E-state index >= 15 is 0 Å². The predicted octanol–water partition coefficient (Wildman–Crippen LogP) is 3.95. The van der Waals surface area contributed by atoms with Gasteiger partial charge in [-0.3, -0.25) is 9.89 Å². The summed E-state index contributed by atoms with van der Waals surface area (Å²) >= 11 is 5.94. The Labute approximate surface area is 182 Å². The molecule has 0 radical (unpaired) electrons. The fourth-order valence-corrected chi connectivity index (χ4v) is 4.84. The average Bonchev–Trinajstić information content (AvgIpc) is 3.35. The Bertz CT molecular complexity index is 970. The third-order valence-electron chi connectivity index (χ3n) is 6.72. The lowest BCUT2D eigenvalue weighted by Crippen LogP contribution is -2.59. The normalized spacial score (nSPS) is 25.2. The maximum atomic E-state index is 13.1. The summed E-state index contributed by atoms with van der Waals surface area (Å²) in [5.74, 6) is 0.155. The van der Waals surface area contributed by atoms with Gasteiger partial charge in [-0.25, -0.2) is 4.98 Å². The Morgan fingerprint density at radius 1 is 1.29 bits per heavy atom. The van der Waals surface area contributed by atoms with Crippen LogP contribution in [-0.4, -0.2) is 56.0 Å². The summed E-state index contributed by atoms with van der Waals surface area (Å²) in [6.07, 6.45) is -2.66. The van der Waals surface area contributed by atoms with Crippen LogP contribution in [0.2, 0.25) is 5.02 Å². The van der Waals surface area contributed by atoms with Crippen molar-refractivity contribution < 1.29 is 23.1 Å². The first-order valence-corrected chi connectivity index (χ1v) is 10.6. The molecule has 1 saturated carbocycles. The molecule has 1 aromatic heterocycles. The Kier molecular flexibility index (Phi) is 5.33. The Hall–Kier alpha value is -2.13. The van der Waals surface area contributed by atoms with E-state index in [1.54, 1.807) is 12.1 Å². The number of amides is 1. The van der Waals surface area contributed by atoms with Gasteiger partial charge in [-0.2, -0.15) is 18.3 Å². The van der Waals surface area contributed by atoms with Crippen molar-refractivity contribution in [2.45, 2.75) is 50.3 Å². The third-order valence-corrected chi connectivity index (χ3v) is 6.97. The summed E-state index contributed by atoms with van der Waals surface area (Å²) in [4.78, 5) is 18.2. The van der Waals surface area contributed by atoms with Crippen LogP contribution in [0.1, 0.15) is 38.9 Å². The molecule has 10 heteroatoms. The Morgan fingerprint density at radius 2 is 1.94 bits per heavy atom. The molecule has 3 atom stereocenters. The van der Waals surface area contributed by atoms with Crippen molar-refractivity contribution in [3.63, 3.8) is 0 Å². The van der Waals surface area contributed by atoms with E-state index in [0.29, 0.717) is 24.2 Å². The zero-order valence-corrected chi connectivity index (χ0v) is 18.0. The van der Waals surface area contributed by atoms with E-state index in [9.17, 15) is 23.1 Å². The molecule has 0 bridgehead atoms. The molecule has 1 aromatic carbocycles. The van der Waals surface area contributed by atoms with Crippen molar-refractivity contribution in [3.8, 4) is 11.4 Å².